The summed E-state index contributed by atoms with van der Waals surface area (Å²) in [5.41, 5.74) is 0. The fourth-order valence-electron chi connectivity index (χ4n) is 1.33. The van der Waals surface area contributed by atoms with Crippen LogP contribution in [0.15, 0.2) is 38.6 Å². The largest absolute Gasteiger partial charge is 0.673 e. The van der Waals surface area contributed by atoms with E-state index in [-0.39, 0.29) is 0 Å². The maximum Gasteiger partial charge on any atom is 0.673 e. The Bertz CT molecular complexity index is 655. The monoisotopic (exact) mass is 355 g/mol. The molecule has 0 spiro atoms. The fourth-order valence-corrected chi connectivity index (χ4v) is 2.81. The molecular weight excluding hydrogens is 341 g/mol. The molecule has 0 aromatic carbocycles. The fraction of sp³-hybridized carbons (Fsp3) is 0.400. The number of nitrogens with zero attached hydrogens (tertiary/aromatic N) is 5. The van der Waals surface area contributed by atoms with Crippen molar-refractivity contribution in [2.24, 2.45) is 15.4 Å². The molecule has 5 nitrogen and oxygen atoms in total. The van der Waals surface area contributed by atoms with Gasteiger partial charge in [0.25, 0.3) is 0 Å². The Morgan fingerprint density at radius 2 is 1.86 bits per heavy atom. The summed E-state index contributed by atoms with van der Waals surface area (Å²) in [7, 11) is -6.00. The standard InChI is InChI=1S/C10H14N5S2.BF4/c1-3-14-5-7-16-9(14)11-13-12-10-15(4-2)6-8-17-10;2-1(3,4)5/h5-8H,3-4H2,1-2H3;/q+1;-1. The second kappa shape index (κ2) is 8.78. The van der Waals surface area contributed by atoms with Gasteiger partial charge in [0.2, 0.25) is 4.80 Å². The van der Waals surface area contributed by atoms with Crippen LogP contribution in [-0.4, -0.2) is 11.8 Å². The molecule has 122 valence electrons. The molecule has 2 rings (SSSR count). The first-order valence-corrected chi connectivity index (χ1v) is 8.04. The van der Waals surface area contributed by atoms with E-state index in [1.807, 2.05) is 32.3 Å². The van der Waals surface area contributed by atoms with Gasteiger partial charge in [-0.25, -0.2) is 4.57 Å². The van der Waals surface area contributed by atoms with Crippen LogP contribution in [0.1, 0.15) is 13.8 Å². The molecule has 22 heavy (non-hydrogen) atoms. The van der Waals surface area contributed by atoms with Gasteiger partial charge < -0.3 is 21.8 Å². The topological polar surface area (TPSA) is 45.9 Å². The van der Waals surface area contributed by atoms with Gasteiger partial charge in [-0.2, -0.15) is 0 Å². The lowest BCUT2D eigenvalue weighted by Crippen LogP contribution is -2.28. The van der Waals surface area contributed by atoms with E-state index in [0.29, 0.717) is 0 Å². The molecule has 0 saturated carbocycles. The van der Waals surface area contributed by atoms with Gasteiger partial charge in [0.1, 0.15) is 11.3 Å². The van der Waals surface area contributed by atoms with E-state index in [4.69, 9.17) is 0 Å². The van der Waals surface area contributed by atoms with Crippen LogP contribution in [0.2, 0.25) is 0 Å². The highest BCUT2D eigenvalue weighted by atomic mass is 32.1. The van der Waals surface area contributed by atoms with Gasteiger partial charge in [-0.15, -0.1) is 11.3 Å². The number of rotatable bonds is 4. The number of halogens is 4. The van der Waals surface area contributed by atoms with Gasteiger partial charge in [-0.1, -0.05) is 5.10 Å². The molecule has 12 heteroatoms. The van der Waals surface area contributed by atoms with Crippen molar-refractivity contribution >= 4 is 35.1 Å². The van der Waals surface area contributed by atoms with Crippen LogP contribution in [0.5, 0.6) is 0 Å². The summed E-state index contributed by atoms with van der Waals surface area (Å²) in [6.45, 7) is 5.94. The molecule has 0 radical (unpaired) electrons. The van der Waals surface area contributed by atoms with E-state index in [1.165, 1.54) is 0 Å². The molecule has 2 aromatic heterocycles. The van der Waals surface area contributed by atoms with Gasteiger partial charge in [0, 0.05) is 23.5 Å². The van der Waals surface area contributed by atoms with E-state index in [9.17, 15) is 17.3 Å². The third kappa shape index (κ3) is 6.94. The van der Waals surface area contributed by atoms with Gasteiger partial charge in [0.15, 0.2) is 0 Å². The van der Waals surface area contributed by atoms with Crippen LogP contribution in [-0.2, 0) is 13.1 Å². The Kier molecular flexibility index (Phi) is 7.38. The molecular formula is C10H14BF4N5S2. The SMILES string of the molecule is CCn1ccs/c1=N/N=N/c1scc[n+]1CC.F[B-](F)(F)F. The summed E-state index contributed by atoms with van der Waals surface area (Å²) in [5, 5.41) is 17.0. The quantitative estimate of drug-likeness (QED) is 0.263. The van der Waals surface area contributed by atoms with Crippen molar-refractivity contribution in [3.8, 4) is 0 Å². The third-order valence-corrected chi connectivity index (χ3v) is 3.83. The predicted octanol–water partition coefficient (Wildman–Crippen LogP) is 3.84. The molecule has 0 fully saturated rings. The summed E-state index contributed by atoms with van der Waals surface area (Å²) in [5.74, 6) is 0. The molecule has 0 atom stereocenters. The molecule has 0 aliphatic carbocycles. The van der Waals surface area contributed by atoms with Gasteiger partial charge >= 0.3 is 12.4 Å². The van der Waals surface area contributed by atoms with Crippen molar-refractivity contribution in [2.75, 3.05) is 0 Å². The summed E-state index contributed by atoms with van der Waals surface area (Å²) < 4.78 is 43.1. The van der Waals surface area contributed by atoms with Crippen molar-refractivity contribution in [3.63, 3.8) is 0 Å². The van der Waals surface area contributed by atoms with Crippen LogP contribution in [0.4, 0.5) is 22.4 Å². The maximum absolute atomic E-state index is 9.75. The second-order valence-electron chi connectivity index (χ2n) is 3.73. The van der Waals surface area contributed by atoms with Crippen LogP contribution in [0, 0.1) is 0 Å². The molecule has 0 N–H and O–H groups in total. The zero-order chi connectivity index (χ0) is 16.6. The Hall–Kier alpha value is -1.56. The highest BCUT2D eigenvalue weighted by molar-refractivity contribution is 7.12. The minimum atomic E-state index is -6.00. The molecule has 0 unspecified atom stereocenters. The number of hydrogen-bond acceptors (Lipinski definition) is 4. The molecule has 0 saturated heterocycles. The lowest BCUT2D eigenvalue weighted by molar-refractivity contribution is -0.676. The average Bonchev–Trinajstić information content (AvgIpc) is 3.05. The molecule has 0 amide bonds. The van der Waals surface area contributed by atoms with Crippen LogP contribution < -0.4 is 9.37 Å². The zero-order valence-corrected chi connectivity index (χ0v) is 13.5. The molecule has 0 bridgehead atoms. The summed E-state index contributed by atoms with van der Waals surface area (Å²) in [6, 6.07) is 0. The maximum atomic E-state index is 9.75. The lowest BCUT2D eigenvalue weighted by Gasteiger charge is -1.94. The van der Waals surface area contributed by atoms with Gasteiger partial charge in [0.05, 0.1) is 11.8 Å². The highest BCUT2D eigenvalue weighted by Crippen LogP contribution is 2.13. The van der Waals surface area contributed by atoms with E-state index in [0.717, 1.165) is 23.0 Å². The lowest BCUT2D eigenvalue weighted by atomic mass is 10.3. The molecule has 2 aromatic rings. The van der Waals surface area contributed by atoms with E-state index in [2.05, 4.69) is 29.3 Å². The van der Waals surface area contributed by atoms with Gasteiger partial charge in [-0.05, 0) is 25.2 Å². The number of hydrogen-bond donors (Lipinski definition) is 0. The molecule has 0 aliphatic heterocycles. The normalized spacial score (nSPS) is 12.5. The first-order chi connectivity index (χ1) is 10.3. The minimum Gasteiger partial charge on any atom is -0.418 e. The number of aryl methyl sites for hydroxylation is 2. The smallest absolute Gasteiger partial charge is 0.418 e. The van der Waals surface area contributed by atoms with Crippen LogP contribution >= 0.6 is 22.7 Å². The summed E-state index contributed by atoms with van der Waals surface area (Å²) in [6.07, 6.45) is 3.99. The Morgan fingerprint density at radius 3 is 2.45 bits per heavy atom. The van der Waals surface area contributed by atoms with Crippen molar-refractivity contribution in [1.82, 2.24) is 4.57 Å². The second-order valence-corrected chi connectivity index (χ2v) is 5.47. The minimum absolute atomic E-state index is 0.871. The molecule has 2 heterocycles. The van der Waals surface area contributed by atoms with E-state index < -0.39 is 7.25 Å². The van der Waals surface area contributed by atoms with Crippen molar-refractivity contribution < 1.29 is 21.8 Å². The summed E-state index contributed by atoms with van der Waals surface area (Å²) in [4.78, 5) is 0.871. The van der Waals surface area contributed by atoms with Gasteiger partial charge in [-0.3, -0.25) is 0 Å². The number of thiazole rings is 2. The van der Waals surface area contributed by atoms with Crippen LogP contribution in [0.3, 0.4) is 0 Å². The Balaban J connectivity index is 0.000000422. The first kappa shape index (κ1) is 18.5. The average molecular weight is 355 g/mol. The van der Waals surface area contributed by atoms with Crippen molar-refractivity contribution in [1.29, 1.82) is 0 Å². The van der Waals surface area contributed by atoms with Crippen molar-refractivity contribution in [2.45, 2.75) is 26.9 Å². The predicted molar refractivity (Wildman–Crippen MR) is 78.4 cm³/mol. The van der Waals surface area contributed by atoms with E-state index >= 15 is 0 Å². The van der Waals surface area contributed by atoms with E-state index in [1.54, 1.807) is 22.7 Å². The van der Waals surface area contributed by atoms with Crippen LogP contribution in [0.25, 0.3) is 0 Å². The first-order valence-electron chi connectivity index (χ1n) is 6.28. The Morgan fingerprint density at radius 1 is 1.18 bits per heavy atom. The number of aromatic nitrogens is 2. The zero-order valence-electron chi connectivity index (χ0n) is 11.9. The van der Waals surface area contributed by atoms with Crippen molar-refractivity contribution in [3.05, 3.63) is 28.0 Å². The summed E-state index contributed by atoms with van der Waals surface area (Å²) >= 11 is 3.12. The Labute approximate surface area is 132 Å². The molecule has 0 aliphatic rings. The highest BCUT2D eigenvalue weighted by Gasteiger charge is 2.20. The third-order valence-electron chi connectivity index (χ3n) is 2.26.